The molecule has 0 saturated carbocycles. The number of carbonyl (C=O) groups is 1. The predicted octanol–water partition coefficient (Wildman–Crippen LogP) is 2.28. The molecule has 0 radical (unpaired) electrons. The lowest BCUT2D eigenvalue weighted by Crippen LogP contribution is -2.36. The van der Waals surface area contributed by atoms with Gasteiger partial charge in [-0.1, -0.05) is 13.0 Å². The average molecular weight is 355 g/mol. The Bertz CT molecular complexity index is 766. The van der Waals surface area contributed by atoms with Gasteiger partial charge >= 0.3 is 0 Å². The van der Waals surface area contributed by atoms with E-state index in [-0.39, 0.29) is 11.9 Å². The Morgan fingerprint density at radius 3 is 2.88 bits per heavy atom. The van der Waals surface area contributed by atoms with Gasteiger partial charge in [0.15, 0.2) is 5.82 Å². The highest BCUT2D eigenvalue weighted by molar-refractivity contribution is 5.74. The number of pyridine rings is 1. The molecule has 0 bridgehead atoms. The lowest BCUT2D eigenvalue weighted by molar-refractivity contribution is -0.129. The molecule has 1 unspecified atom stereocenters. The normalized spacial score (nSPS) is 14.7. The molecule has 0 fully saturated rings. The Labute approximate surface area is 153 Å². The third kappa shape index (κ3) is 3.99. The first-order valence-electron chi connectivity index (χ1n) is 8.94. The number of nitrogens with zero attached hydrogens (tertiary/aromatic N) is 4. The molecule has 1 amide bonds. The molecular formula is C19H25N5O2. The molecule has 7 heteroatoms. The van der Waals surface area contributed by atoms with E-state index in [0.717, 1.165) is 35.6 Å². The highest BCUT2D eigenvalue weighted by Gasteiger charge is 2.25. The zero-order chi connectivity index (χ0) is 18.5. The SMILES string of the molecule is CCC(COC)Nc1nc(-c2ccccn2)nc2c1CCN(C(C)=O)C2. The van der Waals surface area contributed by atoms with Crippen molar-refractivity contribution < 1.29 is 9.53 Å². The molecule has 0 spiro atoms. The summed E-state index contributed by atoms with van der Waals surface area (Å²) in [6.45, 7) is 5.50. The number of fused-ring (bicyclic) bond motifs is 1. The number of nitrogens with one attached hydrogen (secondary N) is 1. The van der Waals surface area contributed by atoms with Crippen molar-refractivity contribution in [1.82, 2.24) is 19.9 Å². The van der Waals surface area contributed by atoms with E-state index < -0.39 is 0 Å². The van der Waals surface area contributed by atoms with Gasteiger partial charge < -0.3 is 15.0 Å². The quantitative estimate of drug-likeness (QED) is 0.856. The van der Waals surface area contributed by atoms with Gasteiger partial charge in [-0.25, -0.2) is 9.97 Å². The van der Waals surface area contributed by atoms with Gasteiger partial charge in [0.1, 0.15) is 11.5 Å². The van der Waals surface area contributed by atoms with E-state index in [9.17, 15) is 4.79 Å². The Kier molecular flexibility index (Phi) is 5.78. The second-order valence-electron chi connectivity index (χ2n) is 6.43. The van der Waals surface area contributed by atoms with Crippen molar-refractivity contribution in [3.05, 3.63) is 35.7 Å². The van der Waals surface area contributed by atoms with Crippen LogP contribution in [0, 0.1) is 0 Å². The van der Waals surface area contributed by atoms with Gasteiger partial charge in [0.05, 0.1) is 24.9 Å². The largest absolute Gasteiger partial charge is 0.383 e. The number of aromatic nitrogens is 3. The molecule has 1 aliphatic heterocycles. The van der Waals surface area contributed by atoms with Crippen LogP contribution in [-0.4, -0.2) is 52.1 Å². The van der Waals surface area contributed by atoms with Crippen LogP contribution in [0.25, 0.3) is 11.5 Å². The standard InChI is InChI=1S/C19H25N5O2/c1-4-14(12-26-3)21-18-15-8-10-24(13(2)25)11-17(15)22-19(23-18)16-7-5-6-9-20-16/h5-7,9,14H,4,8,10-12H2,1-3H3,(H,21,22,23). The van der Waals surface area contributed by atoms with Crippen LogP contribution in [0.4, 0.5) is 5.82 Å². The topological polar surface area (TPSA) is 80.2 Å². The Balaban J connectivity index is 2.01. The summed E-state index contributed by atoms with van der Waals surface area (Å²) < 4.78 is 5.30. The monoisotopic (exact) mass is 355 g/mol. The molecule has 0 saturated heterocycles. The number of carbonyl (C=O) groups excluding carboxylic acids is 1. The molecule has 1 N–H and O–H groups in total. The van der Waals surface area contributed by atoms with Gasteiger partial charge in [-0.15, -0.1) is 0 Å². The molecule has 3 heterocycles. The minimum absolute atomic E-state index is 0.0639. The van der Waals surface area contributed by atoms with Crippen molar-refractivity contribution >= 4 is 11.7 Å². The molecule has 7 nitrogen and oxygen atoms in total. The number of anilines is 1. The number of hydrogen-bond donors (Lipinski definition) is 1. The first kappa shape index (κ1) is 18.3. The van der Waals surface area contributed by atoms with E-state index in [1.165, 1.54) is 0 Å². The first-order chi connectivity index (χ1) is 12.6. The Morgan fingerprint density at radius 1 is 1.38 bits per heavy atom. The fourth-order valence-corrected chi connectivity index (χ4v) is 3.08. The highest BCUT2D eigenvalue weighted by Crippen LogP contribution is 2.27. The molecule has 1 atom stereocenters. The summed E-state index contributed by atoms with van der Waals surface area (Å²) in [5, 5.41) is 3.50. The van der Waals surface area contributed by atoms with Crippen LogP contribution in [0.15, 0.2) is 24.4 Å². The predicted molar refractivity (Wildman–Crippen MR) is 99.6 cm³/mol. The minimum Gasteiger partial charge on any atom is -0.383 e. The second-order valence-corrected chi connectivity index (χ2v) is 6.43. The third-order valence-corrected chi connectivity index (χ3v) is 4.61. The van der Waals surface area contributed by atoms with Crippen molar-refractivity contribution in [2.24, 2.45) is 0 Å². The zero-order valence-electron chi connectivity index (χ0n) is 15.5. The maximum absolute atomic E-state index is 11.8. The highest BCUT2D eigenvalue weighted by atomic mass is 16.5. The van der Waals surface area contributed by atoms with Crippen LogP contribution < -0.4 is 5.32 Å². The van der Waals surface area contributed by atoms with Crippen molar-refractivity contribution in [2.75, 3.05) is 25.6 Å². The Morgan fingerprint density at radius 2 is 2.23 bits per heavy atom. The van der Waals surface area contributed by atoms with E-state index in [2.05, 4.69) is 17.2 Å². The van der Waals surface area contributed by atoms with Gasteiger partial charge in [-0.05, 0) is 25.0 Å². The van der Waals surface area contributed by atoms with Crippen LogP contribution in [0.5, 0.6) is 0 Å². The van der Waals surface area contributed by atoms with E-state index in [1.807, 2.05) is 23.1 Å². The molecule has 2 aromatic heterocycles. The molecule has 26 heavy (non-hydrogen) atoms. The molecule has 0 aromatic carbocycles. The van der Waals surface area contributed by atoms with Crippen LogP contribution >= 0.6 is 0 Å². The van der Waals surface area contributed by atoms with E-state index in [1.54, 1.807) is 20.2 Å². The summed E-state index contributed by atoms with van der Waals surface area (Å²) in [6, 6.07) is 5.84. The van der Waals surface area contributed by atoms with E-state index in [4.69, 9.17) is 14.7 Å². The lowest BCUT2D eigenvalue weighted by atomic mass is 10.0. The number of rotatable bonds is 6. The molecule has 3 rings (SSSR count). The third-order valence-electron chi connectivity index (χ3n) is 4.61. The molecular weight excluding hydrogens is 330 g/mol. The van der Waals surface area contributed by atoms with Crippen molar-refractivity contribution in [3.63, 3.8) is 0 Å². The molecule has 2 aromatic rings. The van der Waals surface area contributed by atoms with Gasteiger partial charge in [-0.2, -0.15) is 0 Å². The van der Waals surface area contributed by atoms with Crippen LogP contribution in [0.2, 0.25) is 0 Å². The first-order valence-corrected chi connectivity index (χ1v) is 8.94. The fraction of sp³-hybridized carbons (Fsp3) is 0.474. The summed E-state index contributed by atoms with van der Waals surface area (Å²) in [7, 11) is 1.70. The molecule has 138 valence electrons. The van der Waals surface area contributed by atoms with Crippen LogP contribution in [-0.2, 0) is 22.5 Å². The van der Waals surface area contributed by atoms with Gasteiger partial charge in [0.25, 0.3) is 0 Å². The van der Waals surface area contributed by atoms with Gasteiger partial charge in [0, 0.05) is 32.3 Å². The summed E-state index contributed by atoms with van der Waals surface area (Å²) in [5.41, 5.74) is 2.69. The Hall–Kier alpha value is -2.54. The summed E-state index contributed by atoms with van der Waals surface area (Å²) in [6.07, 6.45) is 3.39. The summed E-state index contributed by atoms with van der Waals surface area (Å²) >= 11 is 0. The van der Waals surface area contributed by atoms with Crippen LogP contribution in [0.3, 0.4) is 0 Å². The molecule has 0 aliphatic carbocycles. The fourth-order valence-electron chi connectivity index (χ4n) is 3.08. The summed E-state index contributed by atoms with van der Waals surface area (Å²) in [4.78, 5) is 27.4. The number of hydrogen-bond acceptors (Lipinski definition) is 6. The maximum Gasteiger partial charge on any atom is 0.219 e. The second kappa shape index (κ2) is 8.23. The average Bonchev–Trinajstić information content (AvgIpc) is 2.67. The number of methoxy groups -OCH3 is 1. The number of ether oxygens (including phenoxy) is 1. The van der Waals surface area contributed by atoms with Crippen molar-refractivity contribution in [3.8, 4) is 11.5 Å². The maximum atomic E-state index is 11.8. The zero-order valence-corrected chi connectivity index (χ0v) is 15.5. The number of amides is 1. The van der Waals surface area contributed by atoms with Crippen molar-refractivity contribution in [1.29, 1.82) is 0 Å². The molecule has 1 aliphatic rings. The van der Waals surface area contributed by atoms with Crippen molar-refractivity contribution in [2.45, 2.75) is 39.3 Å². The van der Waals surface area contributed by atoms with E-state index >= 15 is 0 Å². The smallest absolute Gasteiger partial charge is 0.219 e. The van der Waals surface area contributed by atoms with Gasteiger partial charge in [-0.3, -0.25) is 9.78 Å². The van der Waals surface area contributed by atoms with Crippen LogP contribution in [0.1, 0.15) is 31.5 Å². The minimum atomic E-state index is 0.0639. The van der Waals surface area contributed by atoms with E-state index in [0.29, 0.717) is 25.5 Å². The van der Waals surface area contributed by atoms with Gasteiger partial charge in [0.2, 0.25) is 5.91 Å². The summed E-state index contributed by atoms with van der Waals surface area (Å²) in [5.74, 6) is 1.46. The lowest BCUT2D eigenvalue weighted by Gasteiger charge is -2.29.